The van der Waals surface area contributed by atoms with Crippen LogP contribution in [0.3, 0.4) is 0 Å². The van der Waals surface area contributed by atoms with E-state index in [9.17, 15) is 9.59 Å². The zero-order valence-corrected chi connectivity index (χ0v) is 10.9. The van der Waals surface area contributed by atoms with Gasteiger partial charge in [-0.1, -0.05) is 35.9 Å². The second-order valence-electron chi connectivity index (χ2n) is 4.50. The first-order valence-electron chi connectivity index (χ1n) is 6.40. The van der Waals surface area contributed by atoms with Crippen molar-refractivity contribution in [3.05, 3.63) is 47.5 Å². The van der Waals surface area contributed by atoms with Crippen LogP contribution in [0.25, 0.3) is 0 Å². The largest absolute Gasteiger partial charge is 0.303 e. The highest BCUT2D eigenvalue weighted by molar-refractivity contribution is 5.90. The summed E-state index contributed by atoms with van der Waals surface area (Å²) < 4.78 is 0. The molecule has 0 unspecified atom stereocenters. The minimum atomic E-state index is 0.169. The first kappa shape index (κ1) is 14.4. The summed E-state index contributed by atoms with van der Waals surface area (Å²) >= 11 is 0. The van der Waals surface area contributed by atoms with Crippen LogP contribution in [0.15, 0.2) is 42.0 Å². The maximum absolute atomic E-state index is 11.7. The van der Waals surface area contributed by atoms with Crippen molar-refractivity contribution in [2.75, 3.05) is 0 Å². The molecule has 0 aliphatic heterocycles. The molecule has 96 valence electrons. The highest BCUT2D eigenvalue weighted by atomic mass is 16.1. The Morgan fingerprint density at radius 1 is 1.17 bits per heavy atom. The fourth-order valence-corrected chi connectivity index (χ4v) is 1.80. The Balaban J connectivity index is 2.32. The minimum absolute atomic E-state index is 0.169. The van der Waals surface area contributed by atoms with E-state index in [1.807, 2.05) is 37.3 Å². The number of carbonyl (C=O) groups excluding carboxylic acids is 2. The number of aldehydes is 1. The van der Waals surface area contributed by atoms with E-state index in [-0.39, 0.29) is 5.78 Å². The van der Waals surface area contributed by atoms with Crippen molar-refractivity contribution in [3.63, 3.8) is 0 Å². The van der Waals surface area contributed by atoms with Crippen LogP contribution in [0, 0.1) is 0 Å². The number of aryl methyl sites for hydroxylation is 1. The highest BCUT2D eigenvalue weighted by Crippen LogP contribution is 2.08. The van der Waals surface area contributed by atoms with Crippen LogP contribution in [-0.4, -0.2) is 12.1 Å². The summed E-state index contributed by atoms with van der Waals surface area (Å²) in [4.78, 5) is 21.9. The van der Waals surface area contributed by atoms with Crippen LogP contribution < -0.4 is 0 Å². The average molecular weight is 244 g/mol. The lowest BCUT2D eigenvalue weighted by molar-refractivity contribution is -0.114. The Labute approximate surface area is 109 Å². The number of hydrogen-bond acceptors (Lipinski definition) is 2. The van der Waals surface area contributed by atoms with Gasteiger partial charge in [-0.3, -0.25) is 4.79 Å². The van der Waals surface area contributed by atoms with Gasteiger partial charge < -0.3 is 4.79 Å². The summed E-state index contributed by atoms with van der Waals surface area (Å²) in [5.41, 5.74) is 2.26. The van der Waals surface area contributed by atoms with Crippen LogP contribution >= 0.6 is 0 Å². The molecule has 1 rings (SSSR count). The van der Waals surface area contributed by atoms with Crippen molar-refractivity contribution in [2.45, 2.75) is 39.0 Å². The zero-order chi connectivity index (χ0) is 13.2. The maximum Gasteiger partial charge on any atom is 0.155 e. The van der Waals surface area contributed by atoms with E-state index >= 15 is 0 Å². The first-order chi connectivity index (χ1) is 8.72. The van der Waals surface area contributed by atoms with Crippen LogP contribution in [0.4, 0.5) is 0 Å². The summed E-state index contributed by atoms with van der Waals surface area (Å²) in [6.07, 6.45) is 6.21. The van der Waals surface area contributed by atoms with E-state index in [1.165, 1.54) is 5.56 Å². The zero-order valence-electron chi connectivity index (χ0n) is 10.9. The molecule has 2 heteroatoms. The van der Waals surface area contributed by atoms with Crippen molar-refractivity contribution in [1.82, 2.24) is 0 Å². The highest BCUT2D eigenvalue weighted by Gasteiger charge is 2.00. The number of carbonyl (C=O) groups is 2. The third kappa shape index (κ3) is 6.14. The van der Waals surface area contributed by atoms with Crippen molar-refractivity contribution >= 4 is 12.1 Å². The fraction of sp³-hybridized carbons (Fsp3) is 0.375. The molecule has 1 aromatic carbocycles. The van der Waals surface area contributed by atoms with Gasteiger partial charge in [-0.05, 0) is 37.8 Å². The van der Waals surface area contributed by atoms with Crippen molar-refractivity contribution in [1.29, 1.82) is 0 Å². The Bertz CT molecular complexity index is 404. The number of hydrogen-bond donors (Lipinski definition) is 0. The molecule has 0 saturated heterocycles. The number of allylic oxidation sites excluding steroid dienone is 2. The predicted octanol–water partition coefficient (Wildman–Crippen LogP) is 3.50. The third-order valence-electron chi connectivity index (χ3n) is 2.80. The first-order valence-corrected chi connectivity index (χ1v) is 6.40. The van der Waals surface area contributed by atoms with Gasteiger partial charge in [0.15, 0.2) is 5.78 Å². The predicted molar refractivity (Wildman–Crippen MR) is 73.4 cm³/mol. The van der Waals surface area contributed by atoms with Gasteiger partial charge in [-0.25, -0.2) is 0 Å². The molecule has 0 atom stereocenters. The molecule has 0 saturated carbocycles. The lowest BCUT2D eigenvalue weighted by atomic mass is 10.0. The van der Waals surface area contributed by atoms with E-state index < -0.39 is 0 Å². The van der Waals surface area contributed by atoms with Crippen LogP contribution in [0.2, 0.25) is 0 Å². The van der Waals surface area contributed by atoms with Crippen molar-refractivity contribution < 1.29 is 9.59 Å². The van der Waals surface area contributed by atoms with E-state index in [4.69, 9.17) is 0 Å². The number of ketones is 1. The quantitative estimate of drug-likeness (QED) is 0.398. The summed E-state index contributed by atoms with van der Waals surface area (Å²) in [5.74, 6) is 0.169. The molecule has 0 bridgehead atoms. The molecule has 18 heavy (non-hydrogen) atoms. The van der Waals surface area contributed by atoms with Crippen LogP contribution in [-0.2, 0) is 16.0 Å². The van der Waals surface area contributed by atoms with Gasteiger partial charge >= 0.3 is 0 Å². The molecule has 1 aromatic rings. The number of unbranched alkanes of at least 4 members (excludes halogenated alkanes) is 1. The molecular formula is C16H20O2. The smallest absolute Gasteiger partial charge is 0.155 e. The molecule has 0 amide bonds. The minimum Gasteiger partial charge on any atom is -0.303 e. The van der Waals surface area contributed by atoms with Crippen molar-refractivity contribution in [2.24, 2.45) is 0 Å². The van der Waals surface area contributed by atoms with Gasteiger partial charge in [0.2, 0.25) is 0 Å². The summed E-state index contributed by atoms with van der Waals surface area (Å²) in [6.45, 7) is 1.95. The molecule has 0 N–H and O–H groups in total. The molecule has 0 aromatic heterocycles. The maximum atomic E-state index is 11.7. The van der Waals surface area contributed by atoms with E-state index in [0.717, 1.165) is 31.1 Å². The Kier molecular flexibility index (Phi) is 6.70. The normalized spacial score (nSPS) is 11.3. The van der Waals surface area contributed by atoms with Gasteiger partial charge in [-0.15, -0.1) is 0 Å². The topological polar surface area (TPSA) is 34.1 Å². The molecule has 0 heterocycles. The molecular weight excluding hydrogens is 224 g/mol. The molecule has 0 fully saturated rings. The third-order valence-corrected chi connectivity index (χ3v) is 2.80. The van der Waals surface area contributed by atoms with Gasteiger partial charge in [0.05, 0.1) is 0 Å². The summed E-state index contributed by atoms with van der Waals surface area (Å²) in [5, 5.41) is 0. The Morgan fingerprint density at radius 3 is 2.56 bits per heavy atom. The van der Waals surface area contributed by atoms with Gasteiger partial charge in [-0.2, -0.15) is 0 Å². The molecule has 2 nitrogen and oxygen atoms in total. The van der Waals surface area contributed by atoms with Gasteiger partial charge in [0, 0.05) is 12.8 Å². The lowest BCUT2D eigenvalue weighted by Gasteiger charge is -2.00. The molecule has 0 aliphatic rings. The summed E-state index contributed by atoms with van der Waals surface area (Å²) in [7, 11) is 0. The van der Waals surface area contributed by atoms with Gasteiger partial charge in [0.25, 0.3) is 0 Å². The SMILES string of the molecule is CC(=CC(=O)CCc1ccccc1)CCCC=O. The van der Waals surface area contributed by atoms with Gasteiger partial charge in [0.1, 0.15) is 6.29 Å². The van der Waals surface area contributed by atoms with E-state index in [0.29, 0.717) is 12.8 Å². The van der Waals surface area contributed by atoms with E-state index in [1.54, 1.807) is 6.08 Å². The Hall–Kier alpha value is -1.70. The summed E-state index contributed by atoms with van der Waals surface area (Å²) in [6, 6.07) is 10.0. The fourth-order valence-electron chi connectivity index (χ4n) is 1.80. The second kappa shape index (κ2) is 8.40. The second-order valence-corrected chi connectivity index (χ2v) is 4.50. The lowest BCUT2D eigenvalue weighted by Crippen LogP contribution is -1.97. The van der Waals surface area contributed by atoms with E-state index in [2.05, 4.69) is 0 Å². The van der Waals surface area contributed by atoms with Crippen molar-refractivity contribution in [3.8, 4) is 0 Å². The number of rotatable bonds is 8. The van der Waals surface area contributed by atoms with Crippen LogP contribution in [0.1, 0.15) is 38.2 Å². The average Bonchev–Trinajstić information content (AvgIpc) is 2.38. The standard InChI is InChI=1S/C16H20O2/c1-14(7-5-6-12-17)13-16(18)11-10-15-8-3-2-4-9-15/h2-4,8-9,12-13H,5-7,10-11H2,1H3. The molecule has 0 radical (unpaired) electrons. The molecule has 0 aliphatic carbocycles. The van der Waals surface area contributed by atoms with Crippen LogP contribution in [0.5, 0.6) is 0 Å². The monoisotopic (exact) mass is 244 g/mol. The molecule has 0 spiro atoms. The number of benzene rings is 1. The Morgan fingerprint density at radius 2 is 1.89 bits per heavy atom.